The second-order valence-electron chi connectivity index (χ2n) is 13.0. The van der Waals surface area contributed by atoms with Crippen molar-refractivity contribution in [3.8, 4) is 34.0 Å². The summed E-state index contributed by atoms with van der Waals surface area (Å²) >= 11 is 0. The smallest absolute Gasteiger partial charge is 0.497 e. The molecular weight excluding hydrogens is 710 g/mol. The van der Waals surface area contributed by atoms with Crippen LogP contribution in [0.25, 0.3) is 44.1 Å². The quantitative estimate of drug-likeness (QED) is 0.130. The molecule has 0 aliphatic carbocycles. The molecule has 0 saturated carbocycles. The summed E-state index contributed by atoms with van der Waals surface area (Å²) in [5.41, 5.74) is 6.04. The van der Waals surface area contributed by atoms with Crippen molar-refractivity contribution in [1.29, 1.82) is 0 Å². The van der Waals surface area contributed by atoms with Gasteiger partial charge in [0.25, 0.3) is 0 Å². The molecule has 0 N–H and O–H groups in total. The SMILES string of the molecule is CC(C)(C)Cc1nccc2c1ccc1c(-c3[c-]c(Oc4[c-]c(-c5cc(C(C)(C)C)ccn5)ccc4)ccc3)nccc12.[Pt+2]. The van der Waals surface area contributed by atoms with Gasteiger partial charge in [-0.15, -0.1) is 47.5 Å². The van der Waals surface area contributed by atoms with Crippen molar-refractivity contribution in [2.45, 2.75) is 53.4 Å². The van der Waals surface area contributed by atoms with Crippen LogP contribution in [0.3, 0.4) is 0 Å². The van der Waals surface area contributed by atoms with E-state index in [-0.39, 0.29) is 31.9 Å². The molecule has 4 nitrogen and oxygen atoms in total. The van der Waals surface area contributed by atoms with Gasteiger partial charge in [0.1, 0.15) is 0 Å². The first-order valence-electron chi connectivity index (χ1n) is 14.4. The molecule has 0 fully saturated rings. The van der Waals surface area contributed by atoms with Gasteiger partial charge in [-0.3, -0.25) is 4.98 Å². The molecule has 3 aromatic carbocycles. The molecule has 43 heavy (non-hydrogen) atoms. The van der Waals surface area contributed by atoms with Gasteiger partial charge in [0.2, 0.25) is 0 Å². The van der Waals surface area contributed by atoms with E-state index in [2.05, 4.69) is 95.1 Å². The van der Waals surface area contributed by atoms with Crippen molar-refractivity contribution < 1.29 is 25.8 Å². The van der Waals surface area contributed by atoms with Crippen LogP contribution in [-0.2, 0) is 32.9 Å². The summed E-state index contributed by atoms with van der Waals surface area (Å²) in [6, 6.07) is 31.4. The number of ether oxygens (including phenoxy) is 1. The number of benzene rings is 3. The summed E-state index contributed by atoms with van der Waals surface area (Å²) in [7, 11) is 0. The Hall–Kier alpha value is -3.88. The van der Waals surface area contributed by atoms with Gasteiger partial charge in [-0.2, -0.15) is 0 Å². The molecule has 0 aliphatic rings. The van der Waals surface area contributed by atoms with Crippen molar-refractivity contribution in [2.24, 2.45) is 5.41 Å². The number of nitrogens with zero attached hydrogens (tertiary/aromatic N) is 3. The van der Waals surface area contributed by atoms with Crippen LogP contribution in [0.1, 0.15) is 52.8 Å². The van der Waals surface area contributed by atoms with E-state index in [1.165, 1.54) is 16.3 Å². The summed E-state index contributed by atoms with van der Waals surface area (Å²) in [5, 5.41) is 4.61. The second-order valence-corrected chi connectivity index (χ2v) is 13.0. The molecule has 3 heterocycles. The Morgan fingerprint density at radius 1 is 0.628 bits per heavy atom. The van der Waals surface area contributed by atoms with Crippen molar-refractivity contribution in [2.75, 3.05) is 0 Å². The first-order chi connectivity index (χ1) is 20.0. The van der Waals surface area contributed by atoms with Crippen LogP contribution >= 0.6 is 0 Å². The molecule has 0 bridgehead atoms. The van der Waals surface area contributed by atoms with Gasteiger partial charge < -0.3 is 14.7 Å². The average Bonchev–Trinajstić information content (AvgIpc) is 2.96. The Bertz CT molecular complexity index is 1920. The van der Waals surface area contributed by atoms with Crippen molar-refractivity contribution in [3.05, 3.63) is 115 Å². The zero-order valence-electron chi connectivity index (χ0n) is 25.4. The van der Waals surface area contributed by atoms with Crippen LogP contribution in [0, 0.1) is 17.5 Å². The second kappa shape index (κ2) is 12.0. The first kappa shape index (κ1) is 30.6. The minimum absolute atomic E-state index is 0. The number of rotatable bonds is 5. The fourth-order valence-corrected chi connectivity index (χ4v) is 5.30. The molecule has 6 aromatic rings. The Balaban J connectivity index is 0.00000368. The van der Waals surface area contributed by atoms with Crippen molar-refractivity contribution >= 4 is 21.5 Å². The number of aromatic nitrogens is 3. The summed E-state index contributed by atoms with van der Waals surface area (Å²) in [4.78, 5) is 14.1. The minimum atomic E-state index is 0. The molecule has 3 aromatic heterocycles. The van der Waals surface area contributed by atoms with Gasteiger partial charge >= 0.3 is 21.1 Å². The van der Waals surface area contributed by atoms with Crippen molar-refractivity contribution in [3.63, 3.8) is 0 Å². The van der Waals surface area contributed by atoms with Crippen molar-refractivity contribution in [1.82, 2.24) is 15.0 Å². The van der Waals surface area contributed by atoms with Crippen LogP contribution in [-0.4, -0.2) is 15.0 Å². The Morgan fingerprint density at radius 2 is 1.23 bits per heavy atom. The topological polar surface area (TPSA) is 47.9 Å². The van der Waals surface area contributed by atoms with E-state index in [9.17, 15) is 0 Å². The van der Waals surface area contributed by atoms with E-state index in [0.717, 1.165) is 45.4 Å². The van der Waals surface area contributed by atoms with Crippen LogP contribution in [0.15, 0.2) is 91.4 Å². The fraction of sp³-hybridized carbons (Fsp3) is 0.237. The summed E-state index contributed by atoms with van der Waals surface area (Å²) in [5.74, 6) is 1.22. The normalized spacial score (nSPS) is 11.9. The van der Waals surface area contributed by atoms with Crippen LogP contribution < -0.4 is 4.74 Å². The zero-order valence-corrected chi connectivity index (χ0v) is 27.7. The summed E-state index contributed by atoms with van der Waals surface area (Å²) in [6.45, 7) is 13.3. The molecule has 0 saturated heterocycles. The average molecular weight is 745 g/mol. The number of fused-ring (bicyclic) bond motifs is 3. The van der Waals surface area contributed by atoms with Gasteiger partial charge in [-0.25, -0.2) is 0 Å². The molecule has 0 aliphatic heterocycles. The van der Waals surface area contributed by atoms with Gasteiger partial charge in [0, 0.05) is 41.2 Å². The maximum atomic E-state index is 6.27. The molecule has 0 spiro atoms. The standard InChI is InChI=1S/C38H35N3O.Pt/c1-37(2,3)24-35-32-13-14-33-31(30(32)16-19-40-35)17-20-41-36(33)26-10-8-12-29(22-26)42-28-11-7-9-25(21-28)34-23-27(15-18-39-34)38(4,5)6;/h7-20,23H,24H2,1-6H3;/q-2;+2. The number of hydrogen-bond acceptors (Lipinski definition) is 4. The van der Waals surface area contributed by atoms with Gasteiger partial charge in [-0.05, 0) is 68.6 Å². The maximum absolute atomic E-state index is 6.27. The third-order valence-corrected chi connectivity index (χ3v) is 7.38. The van der Waals surface area contributed by atoms with Crippen LogP contribution in [0.5, 0.6) is 11.5 Å². The third-order valence-electron chi connectivity index (χ3n) is 7.38. The van der Waals surface area contributed by atoms with E-state index in [1.807, 2.05) is 55.0 Å². The van der Waals surface area contributed by atoms with E-state index >= 15 is 0 Å². The molecule has 0 amide bonds. The maximum Gasteiger partial charge on any atom is 2.00 e. The largest absolute Gasteiger partial charge is 2.00 e. The molecule has 0 unspecified atom stereocenters. The monoisotopic (exact) mass is 744 g/mol. The van der Waals surface area contributed by atoms with Gasteiger partial charge in [0.05, 0.1) is 0 Å². The predicted molar refractivity (Wildman–Crippen MR) is 172 cm³/mol. The van der Waals surface area contributed by atoms with E-state index in [4.69, 9.17) is 14.7 Å². The predicted octanol–water partition coefficient (Wildman–Crippen LogP) is 9.79. The summed E-state index contributed by atoms with van der Waals surface area (Å²) in [6.07, 6.45) is 6.56. The molecule has 0 radical (unpaired) electrons. The molecule has 0 atom stereocenters. The molecule has 6 rings (SSSR count). The first-order valence-corrected chi connectivity index (χ1v) is 14.4. The van der Waals surface area contributed by atoms with E-state index in [0.29, 0.717) is 11.5 Å². The number of pyridine rings is 3. The zero-order chi connectivity index (χ0) is 29.5. The van der Waals surface area contributed by atoms with Gasteiger partial charge in [-0.1, -0.05) is 71.9 Å². The van der Waals surface area contributed by atoms with E-state index < -0.39 is 0 Å². The third kappa shape index (κ3) is 6.70. The van der Waals surface area contributed by atoms with E-state index in [1.54, 1.807) is 0 Å². The van der Waals surface area contributed by atoms with Gasteiger partial charge in [0.15, 0.2) is 0 Å². The van der Waals surface area contributed by atoms with Crippen LogP contribution in [0.4, 0.5) is 0 Å². The Morgan fingerprint density at radius 3 is 1.93 bits per heavy atom. The minimum Gasteiger partial charge on any atom is -0.497 e. The Kier molecular flexibility index (Phi) is 8.54. The molecule has 5 heteroatoms. The molecular formula is C38H35N3OPt. The number of hydrogen-bond donors (Lipinski definition) is 0. The fourth-order valence-electron chi connectivity index (χ4n) is 5.30. The Labute approximate surface area is 268 Å². The van der Waals surface area contributed by atoms with Crippen LogP contribution in [0.2, 0.25) is 0 Å². The molecule has 218 valence electrons. The summed E-state index contributed by atoms with van der Waals surface area (Å²) < 4.78 is 6.27.